The molecule has 2 aromatic carbocycles. The van der Waals surface area contributed by atoms with Crippen LogP contribution in [0, 0.1) is 0 Å². The average Bonchev–Trinajstić information content (AvgIpc) is 2.49. The van der Waals surface area contributed by atoms with Crippen molar-refractivity contribution >= 4 is 15.9 Å². The van der Waals surface area contributed by atoms with Crippen molar-refractivity contribution in [1.82, 2.24) is 5.43 Å². The predicted octanol–water partition coefficient (Wildman–Crippen LogP) is 3.59. The first-order valence-corrected chi connectivity index (χ1v) is 7.37. The normalized spacial score (nSPS) is 12.2. The summed E-state index contributed by atoms with van der Waals surface area (Å²) in [7, 11) is 1.66. The van der Waals surface area contributed by atoms with Gasteiger partial charge >= 0.3 is 0 Å². The molecule has 0 saturated carbocycles. The van der Waals surface area contributed by atoms with E-state index in [-0.39, 0.29) is 6.04 Å². The molecule has 0 aliphatic rings. The van der Waals surface area contributed by atoms with E-state index in [0.29, 0.717) is 0 Å². The van der Waals surface area contributed by atoms with Gasteiger partial charge in [0.15, 0.2) is 0 Å². The summed E-state index contributed by atoms with van der Waals surface area (Å²) in [4.78, 5) is 0. The average molecular weight is 335 g/mol. The Balaban J connectivity index is 2.06. The number of nitrogens with two attached hydrogens (primary N) is 1. The number of hydrogen-bond donors (Lipinski definition) is 2. The molecular weight excluding hydrogens is 316 g/mol. The molecule has 2 aromatic rings. The zero-order chi connectivity index (χ0) is 14.4. The van der Waals surface area contributed by atoms with Crippen molar-refractivity contribution in [1.29, 1.82) is 0 Å². The molecule has 20 heavy (non-hydrogen) atoms. The summed E-state index contributed by atoms with van der Waals surface area (Å²) < 4.78 is 6.19. The first-order valence-electron chi connectivity index (χ1n) is 6.58. The van der Waals surface area contributed by atoms with Crippen LogP contribution in [-0.4, -0.2) is 7.11 Å². The molecule has 0 fully saturated rings. The van der Waals surface area contributed by atoms with Crippen molar-refractivity contribution in [3.8, 4) is 5.75 Å². The van der Waals surface area contributed by atoms with Crippen LogP contribution in [0.25, 0.3) is 0 Å². The predicted molar refractivity (Wildman–Crippen MR) is 85.5 cm³/mol. The van der Waals surface area contributed by atoms with E-state index in [1.807, 2.05) is 24.3 Å². The van der Waals surface area contributed by atoms with Crippen LogP contribution in [0.2, 0.25) is 0 Å². The first kappa shape index (κ1) is 15.0. The first-order chi connectivity index (χ1) is 9.74. The van der Waals surface area contributed by atoms with Crippen LogP contribution in [0.5, 0.6) is 5.75 Å². The summed E-state index contributed by atoms with van der Waals surface area (Å²) in [5, 5.41) is 0. The molecule has 0 bridgehead atoms. The fourth-order valence-electron chi connectivity index (χ4n) is 2.20. The van der Waals surface area contributed by atoms with E-state index in [1.54, 1.807) is 7.11 Å². The maximum Gasteiger partial charge on any atom is 0.133 e. The third-order valence-corrected chi connectivity index (χ3v) is 3.96. The number of hydrogen-bond acceptors (Lipinski definition) is 3. The highest BCUT2D eigenvalue weighted by atomic mass is 79.9. The van der Waals surface area contributed by atoms with Gasteiger partial charge in [0.05, 0.1) is 11.6 Å². The summed E-state index contributed by atoms with van der Waals surface area (Å²) in [5.41, 5.74) is 5.36. The van der Waals surface area contributed by atoms with Crippen LogP contribution in [0.15, 0.2) is 53.0 Å². The fraction of sp³-hybridized carbons (Fsp3) is 0.250. The number of rotatable bonds is 6. The molecule has 3 N–H and O–H groups in total. The van der Waals surface area contributed by atoms with Crippen molar-refractivity contribution in [3.63, 3.8) is 0 Å². The van der Waals surface area contributed by atoms with E-state index in [9.17, 15) is 0 Å². The second-order valence-electron chi connectivity index (χ2n) is 4.64. The molecule has 0 heterocycles. The van der Waals surface area contributed by atoms with Gasteiger partial charge in [0.25, 0.3) is 0 Å². The molecular formula is C16H19BrN2O. The summed E-state index contributed by atoms with van der Waals surface area (Å²) in [6.45, 7) is 0. The van der Waals surface area contributed by atoms with Gasteiger partial charge in [-0.05, 0) is 52.0 Å². The van der Waals surface area contributed by atoms with Crippen molar-refractivity contribution in [2.45, 2.75) is 18.9 Å². The lowest BCUT2D eigenvalue weighted by atomic mass is 9.99. The number of hydrazine groups is 1. The Morgan fingerprint density at radius 3 is 2.55 bits per heavy atom. The van der Waals surface area contributed by atoms with Gasteiger partial charge < -0.3 is 4.74 Å². The lowest BCUT2D eigenvalue weighted by Gasteiger charge is -2.17. The highest BCUT2D eigenvalue weighted by molar-refractivity contribution is 9.10. The third-order valence-electron chi connectivity index (χ3n) is 3.34. The largest absolute Gasteiger partial charge is 0.496 e. The van der Waals surface area contributed by atoms with E-state index >= 15 is 0 Å². The standard InChI is InChI=1S/C16H19BrN2O/c1-20-16-10-8-13(11-14(16)17)15(19-18)9-7-12-5-3-2-4-6-12/h2-6,8,10-11,15,19H,7,9,18H2,1H3. The molecule has 0 aliphatic heterocycles. The molecule has 0 spiro atoms. The summed E-state index contributed by atoms with van der Waals surface area (Å²) >= 11 is 3.51. The molecule has 106 valence electrons. The molecule has 0 aliphatic carbocycles. The number of methoxy groups -OCH3 is 1. The molecule has 0 radical (unpaired) electrons. The quantitative estimate of drug-likeness (QED) is 0.626. The third kappa shape index (κ3) is 3.82. The topological polar surface area (TPSA) is 47.3 Å². The molecule has 0 saturated heterocycles. The van der Waals surface area contributed by atoms with E-state index in [0.717, 1.165) is 28.6 Å². The Bertz CT molecular complexity index is 545. The summed E-state index contributed by atoms with van der Waals surface area (Å²) in [5.74, 6) is 6.52. The molecule has 0 amide bonds. The van der Waals surface area contributed by atoms with Gasteiger partial charge in [0.1, 0.15) is 5.75 Å². The van der Waals surface area contributed by atoms with Crippen LogP contribution >= 0.6 is 15.9 Å². The van der Waals surface area contributed by atoms with Gasteiger partial charge in [0, 0.05) is 6.04 Å². The SMILES string of the molecule is COc1ccc(C(CCc2ccccc2)NN)cc1Br. The van der Waals surface area contributed by atoms with Crippen molar-refractivity contribution in [2.24, 2.45) is 5.84 Å². The highest BCUT2D eigenvalue weighted by Gasteiger charge is 2.11. The van der Waals surface area contributed by atoms with Crippen LogP contribution in [0.4, 0.5) is 0 Å². The van der Waals surface area contributed by atoms with Gasteiger partial charge in [-0.15, -0.1) is 0 Å². The molecule has 4 heteroatoms. The zero-order valence-corrected chi connectivity index (χ0v) is 13.1. The number of ether oxygens (including phenoxy) is 1. The van der Waals surface area contributed by atoms with E-state index in [2.05, 4.69) is 45.6 Å². The van der Waals surface area contributed by atoms with Crippen molar-refractivity contribution in [3.05, 3.63) is 64.1 Å². The second-order valence-corrected chi connectivity index (χ2v) is 5.49. The summed E-state index contributed by atoms with van der Waals surface area (Å²) in [6, 6.07) is 16.6. The smallest absolute Gasteiger partial charge is 0.133 e. The number of nitrogens with one attached hydrogen (secondary N) is 1. The Hall–Kier alpha value is -1.36. The van der Waals surface area contributed by atoms with Gasteiger partial charge in [0.2, 0.25) is 0 Å². The summed E-state index contributed by atoms with van der Waals surface area (Å²) in [6.07, 6.45) is 1.93. The van der Waals surface area contributed by atoms with E-state index in [4.69, 9.17) is 10.6 Å². The Morgan fingerprint density at radius 1 is 1.20 bits per heavy atom. The lowest BCUT2D eigenvalue weighted by Crippen LogP contribution is -2.28. The fourth-order valence-corrected chi connectivity index (χ4v) is 2.76. The second kappa shape index (κ2) is 7.43. The Labute approximate surface area is 128 Å². The van der Waals surface area contributed by atoms with Crippen LogP contribution in [0.1, 0.15) is 23.6 Å². The monoisotopic (exact) mass is 334 g/mol. The van der Waals surface area contributed by atoms with E-state index < -0.39 is 0 Å². The molecule has 1 atom stereocenters. The number of benzene rings is 2. The van der Waals surface area contributed by atoms with Crippen LogP contribution < -0.4 is 16.0 Å². The van der Waals surface area contributed by atoms with Gasteiger partial charge in [-0.1, -0.05) is 36.4 Å². The molecule has 1 unspecified atom stereocenters. The maximum atomic E-state index is 5.69. The zero-order valence-electron chi connectivity index (χ0n) is 11.5. The minimum Gasteiger partial charge on any atom is -0.496 e. The minimum absolute atomic E-state index is 0.123. The van der Waals surface area contributed by atoms with Crippen LogP contribution in [0.3, 0.4) is 0 Å². The van der Waals surface area contributed by atoms with Crippen molar-refractivity contribution < 1.29 is 4.74 Å². The lowest BCUT2D eigenvalue weighted by molar-refractivity contribution is 0.411. The van der Waals surface area contributed by atoms with Gasteiger partial charge in [-0.25, -0.2) is 0 Å². The Kier molecular flexibility index (Phi) is 5.59. The minimum atomic E-state index is 0.123. The van der Waals surface area contributed by atoms with Crippen LogP contribution in [-0.2, 0) is 6.42 Å². The van der Waals surface area contributed by atoms with Crippen molar-refractivity contribution in [2.75, 3.05) is 7.11 Å². The molecule has 2 rings (SSSR count). The number of halogens is 1. The number of aryl methyl sites for hydroxylation is 1. The van der Waals surface area contributed by atoms with E-state index in [1.165, 1.54) is 5.56 Å². The molecule has 0 aromatic heterocycles. The maximum absolute atomic E-state index is 5.69. The molecule has 3 nitrogen and oxygen atoms in total. The Morgan fingerprint density at radius 2 is 1.95 bits per heavy atom. The van der Waals surface area contributed by atoms with Gasteiger partial charge in [-0.2, -0.15) is 0 Å². The highest BCUT2D eigenvalue weighted by Crippen LogP contribution is 2.29. The van der Waals surface area contributed by atoms with Gasteiger partial charge in [-0.3, -0.25) is 11.3 Å².